The van der Waals surface area contributed by atoms with Crippen molar-refractivity contribution in [1.29, 1.82) is 0 Å². The van der Waals surface area contributed by atoms with E-state index in [-0.39, 0.29) is 24.2 Å². The van der Waals surface area contributed by atoms with Crippen molar-refractivity contribution in [1.82, 2.24) is 9.80 Å². The third kappa shape index (κ3) is 2.32. The number of likely N-dealkylation sites (tertiary alicyclic amines) is 2. The molecule has 1 N–H and O–H groups in total. The Hall–Kier alpha value is -1.59. The van der Waals surface area contributed by atoms with Gasteiger partial charge in [0.15, 0.2) is 0 Å². The Bertz CT molecular complexity index is 382. The molecule has 6 heteroatoms. The predicted molar refractivity (Wildman–Crippen MR) is 62.7 cm³/mol. The van der Waals surface area contributed by atoms with Crippen molar-refractivity contribution in [3.05, 3.63) is 0 Å². The highest BCUT2D eigenvalue weighted by molar-refractivity contribution is 5.89. The van der Waals surface area contributed by atoms with Crippen molar-refractivity contribution in [2.24, 2.45) is 5.92 Å². The van der Waals surface area contributed by atoms with Crippen LogP contribution in [0.3, 0.4) is 0 Å². The van der Waals surface area contributed by atoms with E-state index in [2.05, 4.69) is 0 Å². The van der Waals surface area contributed by atoms with Crippen molar-refractivity contribution in [3.63, 3.8) is 0 Å². The van der Waals surface area contributed by atoms with Crippen LogP contribution in [0.4, 0.5) is 0 Å². The molecule has 2 atom stereocenters. The predicted octanol–water partition coefficient (Wildman–Crippen LogP) is -0.0696. The lowest BCUT2D eigenvalue weighted by molar-refractivity contribution is -0.152. The Morgan fingerprint density at radius 3 is 2.61 bits per heavy atom. The molecule has 0 bridgehead atoms. The number of nitrogens with zero attached hydrogens (tertiary/aromatic N) is 2. The third-order valence-corrected chi connectivity index (χ3v) is 3.83. The normalized spacial score (nSPS) is 28.6. The lowest BCUT2D eigenvalue weighted by Crippen LogP contribution is -2.47. The molecular weight excluding hydrogens is 236 g/mol. The zero-order chi connectivity index (χ0) is 13.3. The minimum atomic E-state index is -0.944. The van der Waals surface area contributed by atoms with Crippen LogP contribution in [0.25, 0.3) is 0 Å². The quantitative estimate of drug-likeness (QED) is 0.748. The molecule has 2 saturated heterocycles. The number of carbonyl (C=O) groups excluding carboxylic acids is 2. The topological polar surface area (TPSA) is 77.9 Å². The molecule has 2 rings (SSSR count). The van der Waals surface area contributed by atoms with Gasteiger partial charge in [0.05, 0.1) is 0 Å². The first-order chi connectivity index (χ1) is 8.50. The van der Waals surface area contributed by atoms with E-state index in [1.165, 1.54) is 4.90 Å². The third-order valence-electron chi connectivity index (χ3n) is 3.83. The van der Waals surface area contributed by atoms with Crippen molar-refractivity contribution < 1.29 is 19.5 Å². The summed E-state index contributed by atoms with van der Waals surface area (Å²) in [5, 5.41) is 9.06. The first-order valence-electron chi connectivity index (χ1n) is 6.28. The average Bonchev–Trinajstić information content (AvgIpc) is 2.81. The molecule has 1 unspecified atom stereocenters. The van der Waals surface area contributed by atoms with Gasteiger partial charge >= 0.3 is 5.97 Å². The highest BCUT2D eigenvalue weighted by atomic mass is 16.4. The molecule has 6 nitrogen and oxygen atoms in total. The number of carbonyl (C=O) groups is 3. The largest absolute Gasteiger partial charge is 0.480 e. The Balaban J connectivity index is 2.03. The molecular formula is C12H18N2O4. The van der Waals surface area contributed by atoms with E-state index in [9.17, 15) is 14.4 Å². The van der Waals surface area contributed by atoms with Crippen LogP contribution in [0, 0.1) is 5.92 Å². The summed E-state index contributed by atoms with van der Waals surface area (Å²) in [6.45, 7) is 1.07. The fourth-order valence-corrected chi connectivity index (χ4v) is 2.68. The van der Waals surface area contributed by atoms with Gasteiger partial charge in [0.25, 0.3) is 0 Å². The molecule has 2 heterocycles. The number of carboxylic acids is 1. The lowest BCUT2D eigenvalue weighted by atomic mass is 9.94. The number of carboxylic acid groups (broad SMARTS) is 1. The summed E-state index contributed by atoms with van der Waals surface area (Å²) in [5.74, 6) is -1.49. The Morgan fingerprint density at radius 2 is 2.00 bits per heavy atom. The van der Waals surface area contributed by atoms with Gasteiger partial charge in [0.1, 0.15) is 6.04 Å². The van der Waals surface area contributed by atoms with Gasteiger partial charge in [-0.25, -0.2) is 4.79 Å². The maximum Gasteiger partial charge on any atom is 0.326 e. The maximum atomic E-state index is 12.3. The smallest absolute Gasteiger partial charge is 0.326 e. The molecule has 0 saturated carbocycles. The van der Waals surface area contributed by atoms with E-state index in [4.69, 9.17) is 5.11 Å². The number of piperidine rings is 1. The summed E-state index contributed by atoms with van der Waals surface area (Å²) in [7, 11) is 1.72. The fraction of sp³-hybridized carbons (Fsp3) is 0.750. The zero-order valence-electron chi connectivity index (χ0n) is 10.5. The minimum Gasteiger partial charge on any atom is -0.480 e. The van der Waals surface area contributed by atoms with E-state index < -0.39 is 12.0 Å². The van der Waals surface area contributed by atoms with Gasteiger partial charge in [-0.1, -0.05) is 0 Å². The molecule has 0 aromatic carbocycles. The van der Waals surface area contributed by atoms with Crippen molar-refractivity contribution in [2.75, 3.05) is 20.1 Å². The Kier molecular flexibility index (Phi) is 3.54. The highest BCUT2D eigenvalue weighted by Gasteiger charge is 2.39. The molecule has 2 fully saturated rings. The summed E-state index contributed by atoms with van der Waals surface area (Å²) in [4.78, 5) is 37.9. The molecule has 0 aromatic rings. The van der Waals surface area contributed by atoms with Crippen LogP contribution in [-0.2, 0) is 14.4 Å². The molecule has 2 amide bonds. The van der Waals surface area contributed by atoms with Gasteiger partial charge in [0.2, 0.25) is 11.8 Å². The average molecular weight is 254 g/mol. The second-order valence-electron chi connectivity index (χ2n) is 5.03. The first kappa shape index (κ1) is 12.9. The van der Waals surface area contributed by atoms with Crippen molar-refractivity contribution >= 4 is 17.8 Å². The molecule has 0 radical (unpaired) electrons. The minimum absolute atomic E-state index is 0.0364. The first-order valence-corrected chi connectivity index (χ1v) is 6.28. The number of rotatable bonds is 2. The Morgan fingerprint density at radius 1 is 1.28 bits per heavy atom. The molecule has 0 spiro atoms. The van der Waals surface area contributed by atoms with Gasteiger partial charge in [-0.05, 0) is 19.3 Å². The van der Waals surface area contributed by atoms with Crippen molar-refractivity contribution in [3.8, 4) is 0 Å². The summed E-state index contributed by atoms with van der Waals surface area (Å²) in [5.41, 5.74) is 0. The maximum absolute atomic E-state index is 12.3. The number of aliphatic carboxylic acids is 1. The van der Waals surface area contributed by atoms with Crippen LogP contribution < -0.4 is 0 Å². The fourth-order valence-electron chi connectivity index (χ4n) is 2.68. The van der Waals surface area contributed by atoms with Gasteiger partial charge in [0, 0.05) is 32.5 Å². The van der Waals surface area contributed by atoms with Crippen LogP contribution in [0.15, 0.2) is 0 Å². The van der Waals surface area contributed by atoms with E-state index in [1.807, 2.05) is 0 Å². The monoisotopic (exact) mass is 254 g/mol. The SMILES string of the molecule is CN1CCC(C(=O)N2CCC[C@@H]2C(=O)O)CC1=O. The van der Waals surface area contributed by atoms with Crippen LogP contribution in [-0.4, -0.2) is 58.9 Å². The van der Waals surface area contributed by atoms with Crippen LogP contribution >= 0.6 is 0 Å². The second-order valence-corrected chi connectivity index (χ2v) is 5.03. The Labute approximate surface area is 106 Å². The van der Waals surface area contributed by atoms with Crippen LogP contribution in [0.1, 0.15) is 25.7 Å². The molecule has 18 heavy (non-hydrogen) atoms. The van der Waals surface area contributed by atoms with Crippen molar-refractivity contribution in [2.45, 2.75) is 31.7 Å². The summed E-state index contributed by atoms with van der Waals surface area (Å²) in [6.07, 6.45) is 2.08. The standard InChI is InChI=1S/C12H18N2O4/c1-13-6-4-8(7-10(13)15)11(16)14-5-2-3-9(14)12(17)18/h8-9H,2-7H2,1H3,(H,17,18)/t8?,9-/m1/s1. The summed E-state index contributed by atoms with van der Waals surface area (Å²) in [6, 6.07) is -0.702. The van der Waals surface area contributed by atoms with Gasteiger partial charge in [-0.2, -0.15) is 0 Å². The molecule has 0 aliphatic carbocycles. The lowest BCUT2D eigenvalue weighted by Gasteiger charge is -2.32. The van der Waals surface area contributed by atoms with E-state index in [0.717, 1.165) is 6.42 Å². The molecule has 2 aliphatic heterocycles. The summed E-state index contributed by atoms with van der Waals surface area (Å²) < 4.78 is 0. The van der Waals surface area contributed by atoms with Gasteiger partial charge < -0.3 is 14.9 Å². The zero-order valence-corrected chi connectivity index (χ0v) is 10.5. The molecule has 2 aliphatic rings. The highest BCUT2D eigenvalue weighted by Crippen LogP contribution is 2.25. The number of amides is 2. The van der Waals surface area contributed by atoms with E-state index in [1.54, 1.807) is 11.9 Å². The van der Waals surface area contributed by atoms with E-state index in [0.29, 0.717) is 25.9 Å². The molecule has 100 valence electrons. The van der Waals surface area contributed by atoms with Gasteiger partial charge in [-0.15, -0.1) is 0 Å². The van der Waals surface area contributed by atoms with Crippen LogP contribution in [0.5, 0.6) is 0 Å². The molecule has 0 aromatic heterocycles. The number of hydrogen-bond acceptors (Lipinski definition) is 3. The van der Waals surface area contributed by atoms with Crippen LogP contribution in [0.2, 0.25) is 0 Å². The van der Waals surface area contributed by atoms with Gasteiger partial charge in [-0.3, -0.25) is 9.59 Å². The number of hydrogen-bond donors (Lipinski definition) is 1. The summed E-state index contributed by atoms with van der Waals surface area (Å²) >= 11 is 0. The van der Waals surface area contributed by atoms with E-state index >= 15 is 0 Å². The second kappa shape index (κ2) is 4.96.